The van der Waals surface area contributed by atoms with Crippen molar-refractivity contribution in [1.82, 2.24) is 0 Å². The minimum Gasteiger partial charge on any atom is -0.287 e. The van der Waals surface area contributed by atoms with Crippen LogP contribution in [0.5, 0.6) is 0 Å². The van der Waals surface area contributed by atoms with E-state index in [-0.39, 0.29) is 10.2 Å². The molecule has 0 amide bonds. The number of carbonyl (C=O) groups is 2. The van der Waals surface area contributed by atoms with Crippen molar-refractivity contribution in [3.05, 3.63) is 0 Å². The Kier molecular flexibility index (Phi) is 47.7. The molecule has 334 valence electrons. The number of rotatable bonds is 47. The third-order valence-corrected chi connectivity index (χ3v) is 14.3. The van der Waals surface area contributed by atoms with E-state index in [4.69, 9.17) is 0 Å². The van der Waals surface area contributed by atoms with E-state index in [1.807, 2.05) is 0 Å². The van der Waals surface area contributed by atoms with Gasteiger partial charge in [0.25, 0.3) is 0 Å². The van der Waals surface area contributed by atoms with Gasteiger partial charge >= 0.3 is 0 Å². The molecule has 0 saturated carbocycles. The lowest BCUT2D eigenvalue weighted by molar-refractivity contribution is -0.115. The summed E-state index contributed by atoms with van der Waals surface area (Å²) in [5.74, 6) is 0. The fourth-order valence-electron chi connectivity index (χ4n) is 8.26. The van der Waals surface area contributed by atoms with Crippen molar-refractivity contribution in [2.75, 3.05) is 0 Å². The Labute approximate surface area is 362 Å². The van der Waals surface area contributed by atoms with Gasteiger partial charge in [0.1, 0.15) is 0 Å². The maximum Gasteiger partial charge on any atom is 0.189 e. The molecule has 0 radical (unpaired) electrons. The minimum atomic E-state index is 0.210. The molecule has 0 saturated heterocycles. The van der Waals surface area contributed by atoms with Crippen LogP contribution in [0.4, 0.5) is 0 Å². The molecule has 0 N–H and O–H groups in total. The predicted molar refractivity (Wildman–Crippen MR) is 259 cm³/mol. The van der Waals surface area contributed by atoms with Crippen LogP contribution in [0.25, 0.3) is 0 Å². The molecule has 2 unspecified atom stereocenters. The predicted octanol–water partition coefficient (Wildman–Crippen LogP) is 19.5. The maximum atomic E-state index is 12.5. The van der Waals surface area contributed by atoms with Gasteiger partial charge in [-0.1, -0.05) is 308 Å². The largest absolute Gasteiger partial charge is 0.287 e. The van der Waals surface area contributed by atoms with Gasteiger partial charge in [-0.3, -0.25) is 9.59 Å². The molecule has 56 heavy (non-hydrogen) atoms. The summed E-state index contributed by atoms with van der Waals surface area (Å²) in [4.78, 5) is 25.0. The summed E-state index contributed by atoms with van der Waals surface area (Å²) in [6.07, 6.45) is 59.5. The first-order valence-corrected chi connectivity index (χ1v) is 27.6. The van der Waals surface area contributed by atoms with Crippen molar-refractivity contribution >= 4 is 33.8 Å². The van der Waals surface area contributed by atoms with Gasteiger partial charge in [0.15, 0.2) is 10.2 Å². The number of hydrogen-bond acceptors (Lipinski definition) is 4. The van der Waals surface area contributed by atoms with E-state index in [0.717, 1.165) is 12.8 Å². The van der Waals surface area contributed by atoms with Gasteiger partial charge in [0.2, 0.25) is 0 Å². The molecule has 2 atom stereocenters. The van der Waals surface area contributed by atoms with Crippen LogP contribution in [0.1, 0.15) is 310 Å². The zero-order valence-electron chi connectivity index (χ0n) is 38.9. The average molecular weight is 824 g/mol. The molecule has 0 rings (SSSR count). The highest BCUT2D eigenvalue weighted by molar-refractivity contribution is 8.14. The Balaban J connectivity index is 3.42. The van der Waals surface area contributed by atoms with Crippen LogP contribution < -0.4 is 0 Å². The molecule has 0 aromatic heterocycles. The molecule has 0 aliphatic carbocycles. The van der Waals surface area contributed by atoms with Crippen molar-refractivity contribution in [2.24, 2.45) is 0 Å². The Morgan fingerprint density at radius 1 is 0.286 bits per heavy atom. The van der Waals surface area contributed by atoms with Gasteiger partial charge in [0.05, 0.1) is 0 Å². The Hall–Kier alpha value is 0.0400. The zero-order valence-corrected chi connectivity index (χ0v) is 40.5. The van der Waals surface area contributed by atoms with Gasteiger partial charge < -0.3 is 0 Å². The lowest BCUT2D eigenvalue weighted by Gasteiger charge is -2.11. The van der Waals surface area contributed by atoms with Gasteiger partial charge in [-0.05, 0) is 12.8 Å². The third-order valence-electron chi connectivity index (χ3n) is 12.1. The van der Waals surface area contributed by atoms with Crippen molar-refractivity contribution < 1.29 is 9.59 Å². The lowest BCUT2D eigenvalue weighted by Crippen LogP contribution is -2.07. The first kappa shape index (κ1) is 56.0. The molecule has 0 aliphatic heterocycles. The van der Waals surface area contributed by atoms with Crippen molar-refractivity contribution in [2.45, 2.75) is 321 Å². The molecule has 0 aromatic carbocycles. The van der Waals surface area contributed by atoms with Gasteiger partial charge in [-0.25, -0.2) is 0 Å². The van der Waals surface area contributed by atoms with Crippen molar-refractivity contribution in [3.8, 4) is 0 Å². The molecule has 2 nitrogen and oxygen atoms in total. The van der Waals surface area contributed by atoms with E-state index < -0.39 is 0 Å². The van der Waals surface area contributed by atoms with Crippen molar-refractivity contribution in [1.29, 1.82) is 0 Å². The fraction of sp³-hybridized carbons (Fsp3) is 0.962. The molecule has 0 heterocycles. The van der Waals surface area contributed by atoms with Crippen LogP contribution in [0.3, 0.4) is 0 Å². The van der Waals surface area contributed by atoms with Gasteiger partial charge in [0, 0.05) is 23.3 Å². The van der Waals surface area contributed by atoms with E-state index >= 15 is 0 Å². The minimum absolute atomic E-state index is 0.210. The van der Waals surface area contributed by atoms with Crippen LogP contribution in [0.2, 0.25) is 0 Å². The maximum absolute atomic E-state index is 12.5. The number of hydrogen-bond donors (Lipinski definition) is 0. The second-order valence-electron chi connectivity index (χ2n) is 18.1. The zero-order chi connectivity index (χ0) is 40.8. The summed E-state index contributed by atoms with van der Waals surface area (Å²) >= 11 is 2.97. The van der Waals surface area contributed by atoms with E-state index in [1.54, 1.807) is 0 Å². The standard InChI is InChI=1S/C52H102O2S2/c1-5-7-9-11-13-15-17-19-21-23-25-27-29-31-33-35-37-39-41-43-45-49(3)55-51(53)47-48-52(54)56-50(4)46-44-42-40-38-36-34-32-30-28-26-24-22-20-18-16-14-12-10-8-6-2/h49-50H,5-48H2,1-4H3. The smallest absolute Gasteiger partial charge is 0.189 e. The summed E-state index contributed by atoms with van der Waals surface area (Å²) in [5.41, 5.74) is 0. The van der Waals surface area contributed by atoms with Crippen LogP contribution in [-0.4, -0.2) is 20.7 Å². The second-order valence-corrected chi connectivity index (χ2v) is 21.1. The first-order valence-electron chi connectivity index (χ1n) is 25.9. The number of unbranched alkanes of at least 4 members (excludes halogenated alkanes) is 38. The molecule has 0 spiro atoms. The van der Waals surface area contributed by atoms with E-state index in [1.165, 1.54) is 280 Å². The Morgan fingerprint density at radius 2 is 0.446 bits per heavy atom. The molecule has 0 fully saturated rings. The number of carbonyl (C=O) groups excluding carboxylic acids is 2. The Bertz CT molecular complexity index is 721. The molecule has 0 aliphatic rings. The summed E-state index contributed by atoms with van der Waals surface area (Å²) in [6, 6.07) is 0. The number of thioether (sulfide) groups is 2. The molecule has 0 aromatic rings. The quantitative estimate of drug-likeness (QED) is 0.0573. The molecule has 4 heteroatoms. The van der Waals surface area contributed by atoms with Crippen LogP contribution in [-0.2, 0) is 9.59 Å². The molecular weight excluding hydrogens is 721 g/mol. The normalized spacial score (nSPS) is 12.7. The van der Waals surface area contributed by atoms with Crippen LogP contribution >= 0.6 is 23.5 Å². The van der Waals surface area contributed by atoms with Crippen LogP contribution in [0.15, 0.2) is 0 Å². The van der Waals surface area contributed by atoms with E-state index in [2.05, 4.69) is 27.7 Å². The SMILES string of the molecule is CCCCCCCCCCCCCCCCCCCCCCC(C)SC(=O)CCC(=O)SC(C)CCCCCCCCCCCCCCCCCCCCCC. The second kappa shape index (κ2) is 47.7. The molecule has 0 bridgehead atoms. The van der Waals surface area contributed by atoms with Gasteiger partial charge in [-0.2, -0.15) is 0 Å². The summed E-state index contributed by atoms with van der Waals surface area (Å²) in [7, 11) is 0. The van der Waals surface area contributed by atoms with E-state index in [9.17, 15) is 9.59 Å². The summed E-state index contributed by atoms with van der Waals surface area (Å²) in [6.45, 7) is 8.98. The highest BCUT2D eigenvalue weighted by atomic mass is 32.2. The van der Waals surface area contributed by atoms with Crippen molar-refractivity contribution in [3.63, 3.8) is 0 Å². The summed E-state index contributed by atoms with van der Waals surface area (Å²) < 4.78 is 0. The fourth-order valence-corrected chi connectivity index (χ4v) is 10.2. The average Bonchev–Trinajstić information content (AvgIpc) is 3.18. The first-order chi connectivity index (χ1) is 27.5. The topological polar surface area (TPSA) is 34.1 Å². The van der Waals surface area contributed by atoms with Gasteiger partial charge in [-0.15, -0.1) is 0 Å². The highest BCUT2D eigenvalue weighted by Gasteiger charge is 2.15. The monoisotopic (exact) mass is 823 g/mol. The Morgan fingerprint density at radius 3 is 0.625 bits per heavy atom. The summed E-state index contributed by atoms with van der Waals surface area (Å²) in [5, 5.41) is 1.17. The lowest BCUT2D eigenvalue weighted by atomic mass is 10.0. The van der Waals surface area contributed by atoms with E-state index in [0.29, 0.717) is 23.3 Å². The van der Waals surface area contributed by atoms with Crippen LogP contribution in [0, 0.1) is 0 Å². The highest BCUT2D eigenvalue weighted by Crippen LogP contribution is 2.25. The molecular formula is C52H102O2S2. The third kappa shape index (κ3) is 46.7.